The van der Waals surface area contributed by atoms with Gasteiger partial charge in [-0.05, 0) is 49.2 Å². The van der Waals surface area contributed by atoms with E-state index in [0.29, 0.717) is 0 Å². The standard InChI is InChI=1S/2C16H13Cl2F3N2O3/c2*1-8-6-22-7-13(23-8)15(26,16(19,20)21)11(5-14(24)25)10-3-2-9(17)4-12(10)18/h2*2-4,6-7,11,26H,5H2,1H3,(H,24,25). The zero-order valence-electron chi connectivity index (χ0n) is 26.5. The molecular formula is C32H26Cl4F6N4O6. The maximum Gasteiger partial charge on any atom is 0.423 e. The molecule has 4 unspecified atom stereocenters. The van der Waals surface area contributed by atoms with Crippen LogP contribution in [-0.2, 0) is 20.8 Å². The summed E-state index contributed by atoms with van der Waals surface area (Å²) in [5, 5.41) is 39.6. The number of alkyl halides is 6. The molecule has 2 heterocycles. The van der Waals surface area contributed by atoms with E-state index >= 15 is 0 Å². The quantitative estimate of drug-likeness (QED) is 0.115. The summed E-state index contributed by atoms with van der Waals surface area (Å²) < 4.78 is 83.6. The van der Waals surface area contributed by atoms with Crippen LogP contribution in [0, 0.1) is 13.8 Å². The highest BCUT2D eigenvalue weighted by Gasteiger charge is 2.63. The Morgan fingerprint density at radius 1 is 0.635 bits per heavy atom. The van der Waals surface area contributed by atoms with Gasteiger partial charge in [-0.2, -0.15) is 26.3 Å². The Kier molecular flexibility index (Phi) is 13.5. The summed E-state index contributed by atoms with van der Waals surface area (Å²) in [5.74, 6) is -7.05. The van der Waals surface area contributed by atoms with Crippen molar-refractivity contribution in [1.29, 1.82) is 0 Å². The van der Waals surface area contributed by atoms with Gasteiger partial charge >= 0.3 is 24.3 Å². The summed E-state index contributed by atoms with van der Waals surface area (Å²) in [5.41, 5.74) is -9.07. The number of aliphatic hydroxyl groups is 2. The molecular weight excluding hydrogens is 792 g/mol. The van der Waals surface area contributed by atoms with Crippen LogP contribution in [0.25, 0.3) is 0 Å². The molecule has 280 valence electrons. The number of carbonyl (C=O) groups is 2. The number of carboxylic acids is 2. The van der Waals surface area contributed by atoms with E-state index < -0.39 is 71.6 Å². The van der Waals surface area contributed by atoms with Crippen molar-refractivity contribution in [3.8, 4) is 0 Å². The van der Waals surface area contributed by atoms with Gasteiger partial charge in [0.1, 0.15) is 11.4 Å². The van der Waals surface area contributed by atoms with Crippen molar-refractivity contribution in [2.24, 2.45) is 0 Å². The molecule has 0 fully saturated rings. The van der Waals surface area contributed by atoms with Crippen molar-refractivity contribution in [2.75, 3.05) is 0 Å². The Morgan fingerprint density at radius 3 is 1.21 bits per heavy atom. The third kappa shape index (κ3) is 9.40. The molecule has 0 saturated carbocycles. The van der Waals surface area contributed by atoms with Gasteiger partial charge in [0.15, 0.2) is 0 Å². The lowest BCUT2D eigenvalue weighted by molar-refractivity contribution is -0.278. The highest BCUT2D eigenvalue weighted by atomic mass is 35.5. The van der Waals surface area contributed by atoms with E-state index in [1.165, 1.54) is 50.5 Å². The minimum absolute atomic E-state index is 0.126. The lowest BCUT2D eigenvalue weighted by Crippen LogP contribution is -2.49. The van der Waals surface area contributed by atoms with Crippen LogP contribution >= 0.6 is 46.4 Å². The number of rotatable bonds is 10. The van der Waals surface area contributed by atoms with Gasteiger partial charge in [0, 0.05) is 44.3 Å². The Morgan fingerprint density at radius 2 is 0.962 bits per heavy atom. The molecule has 4 rings (SSSR count). The Bertz CT molecular complexity index is 1800. The molecule has 0 saturated heterocycles. The van der Waals surface area contributed by atoms with Crippen molar-refractivity contribution in [1.82, 2.24) is 19.9 Å². The molecule has 4 atom stereocenters. The zero-order valence-corrected chi connectivity index (χ0v) is 29.5. The number of hydrogen-bond acceptors (Lipinski definition) is 8. The molecule has 0 aliphatic heterocycles. The topological polar surface area (TPSA) is 167 Å². The maximum atomic E-state index is 13.9. The summed E-state index contributed by atoms with van der Waals surface area (Å²) >= 11 is 23.5. The van der Waals surface area contributed by atoms with Crippen molar-refractivity contribution >= 4 is 58.3 Å². The monoisotopic (exact) mass is 816 g/mol. The molecule has 2 aromatic heterocycles. The fraction of sp³-hybridized carbons (Fsp3) is 0.312. The summed E-state index contributed by atoms with van der Waals surface area (Å²) in [6, 6.07) is 7.17. The molecule has 0 aliphatic carbocycles. The minimum atomic E-state index is -5.25. The molecule has 4 N–H and O–H groups in total. The third-order valence-corrected chi connectivity index (χ3v) is 8.72. The number of hydrogen-bond donors (Lipinski definition) is 4. The first-order valence-electron chi connectivity index (χ1n) is 14.4. The van der Waals surface area contributed by atoms with Crippen LogP contribution in [0.3, 0.4) is 0 Å². The molecule has 0 spiro atoms. The average molecular weight is 818 g/mol. The smallest absolute Gasteiger partial charge is 0.423 e. The molecule has 10 nitrogen and oxygen atoms in total. The third-order valence-electron chi connectivity index (χ3n) is 7.60. The second-order valence-corrected chi connectivity index (χ2v) is 12.9. The number of halogens is 10. The first-order chi connectivity index (χ1) is 23.9. The van der Waals surface area contributed by atoms with Gasteiger partial charge in [-0.25, -0.2) is 0 Å². The SMILES string of the molecule is Cc1cncc(C(O)(C(CC(=O)O)c2ccc(Cl)cc2Cl)C(F)(F)F)n1.Cc1cncc(C(O)(C(CC(=O)O)c2ccc(Cl)cc2Cl)C(F)(F)F)n1. The van der Waals surface area contributed by atoms with E-state index in [4.69, 9.17) is 56.6 Å². The van der Waals surface area contributed by atoms with Crippen LogP contribution in [0.2, 0.25) is 20.1 Å². The Balaban J connectivity index is 0.000000280. The summed E-state index contributed by atoms with van der Waals surface area (Å²) in [6.45, 7) is 2.80. The van der Waals surface area contributed by atoms with Crippen molar-refractivity contribution in [2.45, 2.75) is 62.1 Å². The molecule has 0 amide bonds. The lowest BCUT2D eigenvalue weighted by Gasteiger charge is -2.37. The maximum absolute atomic E-state index is 13.9. The number of aromatic nitrogens is 4. The molecule has 4 aromatic rings. The molecule has 52 heavy (non-hydrogen) atoms. The van der Waals surface area contributed by atoms with Crippen LogP contribution in [0.1, 0.15) is 58.6 Å². The zero-order chi connectivity index (χ0) is 39.4. The van der Waals surface area contributed by atoms with Crippen molar-refractivity contribution in [3.05, 3.63) is 115 Å². The van der Waals surface area contributed by atoms with Gasteiger partial charge in [0.05, 0.1) is 36.6 Å². The normalized spacial score (nSPS) is 15.3. The highest BCUT2D eigenvalue weighted by Crippen LogP contribution is 2.52. The molecule has 0 bridgehead atoms. The second kappa shape index (κ2) is 16.5. The number of carboxylic acid groups (broad SMARTS) is 2. The van der Waals surface area contributed by atoms with Crippen molar-refractivity contribution < 1.29 is 56.4 Å². The molecule has 20 heteroatoms. The predicted molar refractivity (Wildman–Crippen MR) is 176 cm³/mol. The van der Waals surface area contributed by atoms with Crippen LogP contribution in [0.4, 0.5) is 26.3 Å². The Labute approximate surface area is 311 Å². The van der Waals surface area contributed by atoms with Crippen LogP contribution in [0.15, 0.2) is 61.2 Å². The minimum Gasteiger partial charge on any atom is -0.481 e. The van der Waals surface area contributed by atoms with Gasteiger partial charge in [-0.3, -0.25) is 29.5 Å². The fourth-order valence-electron chi connectivity index (χ4n) is 5.22. The molecule has 2 aromatic carbocycles. The van der Waals surface area contributed by atoms with Crippen molar-refractivity contribution in [3.63, 3.8) is 0 Å². The second-order valence-electron chi connectivity index (χ2n) is 11.3. The van der Waals surface area contributed by atoms with E-state index in [0.717, 1.165) is 24.5 Å². The van der Waals surface area contributed by atoms with E-state index in [1.807, 2.05) is 0 Å². The van der Waals surface area contributed by atoms with E-state index in [1.54, 1.807) is 0 Å². The summed E-state index contributed by atoms with van der Waals surface area (Å²) in [7, 11) is 0. The first-order valence-corrected chi connectivity index (χ1v) is 15.9. The number of nitrogens with zero attached hydrogens (tertiary/aromatic N) is 4. The molecule has 0 aliphatic rings. The summed E-state index contributed by atoms with van der Waals surface area (Å²) in [6.07, 6.45) is -8.68. The van der Waals surface area contributed by atoms with E-state index in [2.05, 4.69) is 19.9 Å². The molecule has 0 radical (unpaired) electrons. The van der Waals surface area contributed by atoms with Gasteiger partial charge in [-0.1, -0.05) is 58.5 Å². The summed E-state index contributed by atoms with van der Waals surface area (Å²) in [4.78, 5) is 37.2. The van der Waals surface area contributed by atoms with E-state index in [-0.39, 0.29) is 42.6 Å². The largest absolute Gasteiger partial charge is 0.481 e. The van der Waals surface area contributed by atoms with E-state index in [9.17, 15) is 46.1 Å². The van der Waals surface area contributed by atoms with Crippen LogP contribution in [-0.4, -0.2) is 64.7 Å². The number of aryl methyl sites for hydroxylation is 2. The highest BCUT2D eigenvalue weighted by molar-refractivity contribution is 6.35. The number of aliphatic carboxylic acids is 2. The fourth-order valence-corrected chi connectivity index (χ4v) is 6.30. The Hall–Kier alpha value is -3.80. The lowest BCUT2D eigenvalue weighted by atomic mass is 9.77. The van der Waals surface area contributed by atoms with Gasteiger partial charge in [-0.15, -0.1) is 0 Å². The van der Waals surface area contributed by atoms with Crippen LogP contribution < -0.4 is 0 Å². The predicted octanol–water partition coefficient (Wildman–Crippen LogP) is 8.20. The van der Waals surface area contributed by atoms with Crippen LogP contribution in [0.5, 0.6) is 0 Å². The first kappa shape index (κ1) is 42.6. The average Bonchev–Trinajstić information content (AvgIpc) is 3.01. The van der Waals surface area contributed by atoms with Gasteiger partial charge < -0.3 is 20.4 Å². The number of benzene rings is 2. The van der Waals surface area contributed by atoms with Gasteiger partial charge in [0.25, 0.3) is 0 Å². The van der Waals surface area contributed by atoms with Gasteiger partial charge in [0.2, 0.25) is 11.2 Å².